The van der Waals surface area contributed by atoms with E-state index in [1.807, 2.05) is 0 Å². The lowest BCUT2D eigenvalue weighted by molar-refractivity contribution is -0.163. The molecule has 4 aliphatic rings. The second-order valence-corrected chi connectivity index (χ2v) is 4.78. The highest BCUT2D eigenvalue weighted by Crippen LogP contribution is 2.41. The van der Waals surface area contributed by atoms with Gasteiger partial charge in [0.15, 0.2) is 0 Å². The molecule has 4 fully saturated rings. The number of carbonyl (C=O) groups is 1. The van der Waals surface area contributed by atoms with Gasteiger partial charge in [0.05, 0.1) is 19.1 Å². The molecule has 0 spiro atoms. The molecule has 4 heteroatoms. The van der Waals surface area contributed by atoms with Crippen LogP contribution in [0.25, 0.3) is 0 Å². The molecule has 0 aromatic heterocycles. The lowest BCUT2D eigenvalue weighted by Gasteiger charge is -2.34. The fourth-order valence-electron chi connectivity index (χ4n) is 2.87. The summed E-state index contributed by atoms with van der Waals surface area (Å²) < 4.78 is 10.8. The van der Waals surface area contributed by atoms with Gasteiger partial charge in [0.25, 0.3) is 0 Å². The number of carbonyl (C=O) groups excluding carboxylic acids is 1. The highest BCUT2D eigenvalue weighted by molar-refractivity contribution is 5.75. The molecule has 3 aliphatic heterocycles. The quantitative estimate of drug-likeness (QED) is 0.668. The van der Waals surface area contributed by atoms with Crippen LogP contribution in [0.3, 0.4) is 0 Å². The third-order valence-corrected chi connectivity index (χ3v) is 3.86. The van der Waals surface area contributed by atoms with Gasteiger partial charge in [-0.15, -0.1) is 0 Å². The summed E-state index contributed by atoms with van der Waals surface area (Å²) in [6, 6.07) is 0.405. The maximum atomic E-state index is 11.9. The predicted molar refractivity (Wildman–Crippen MR) is 53.3 cm³/mol. The summed E-state index contributed by atoms with van der Waals surface area (Å²) in [6.45, 7) is 2.46. The molecule has 2 bridgehead atoms. The van der Waals surface area contributed by atoms with Crippen LogP contribution in [0.5, 0.6) is 0 Å². The number of nitrogens with one attached hydrogen (secondary N) is 1. The molecular weight excluding hydrogens is 194 g/mol. The number of esters is 1. The van der Waals surface area contributed by atoms with Crippen LogP contribution in [0.15, 0.2) is 0 Å². The first kappa shape index (κ1) is 9.60. The minimum Gasteiger partial charge on any atom is -0.462 e. The summed E-state index contributed by atoms with van der Waals surface area (Å²) in [7, 11) is 0. The summed E-state index contributed by atoms with van der Waals surface area (Å²) in [5.74, 6) is 0.711. The molecular formula is C11H17NO3. The smallest absolute Gasteiger partial charge is 0.311 e. The van der Waals surface area contributed by atoms with Crippen LogP contribution in [0.4, 0.5) is 0 Å². The van der Waals surface area contributed by atoms with E-state index in [0.29, 0.717) is 12.0 Å². The van der Waals surface area contributed by atoms with Crippen LogP contribution >= 0.6 is 0 Å². The van der Waals surface area contributed by atoms with Crippen molar-refractivity contribution < 1.29 is 14.3 Å². The zero-order chi connectivity index (χ0) is 10.3. The van der Waals surface area contributed by atoms with Crippen molar-refractivity contribution in [2.45, 2.75) is 31.4 Å². The number of hydrogen-bond acceptors (Lipinski definition) is 4. The minimum absolute atomic E-state index is 0.0214. The van der Waals surface area contributed by atoms with E-state index in [9.17, 15) is 4.79 Å². The van der Waals surface area contributed by atoms with Crippen molar-refractivity contribution in [2.24, 2.45) is 11.8 Å². The molecule has 0 aromatic rings. The van der Waals surface area contributed by atoms with Gasteiger partial charge >= 0.3 is 5.97 Å². The molecule has 3 atom stereocenters. The van der Waals surface area contributed by atoms with Crippen LogP contribution in [0, 0.1) is 11.8 Å². The topological polar surface area (TPSA) is 47.6 Å². The van der Waals surface area contributed by atoms with Gasteiger partial charge in [-0.25, -0.2) is 0 Å². The lowest BCUT2D eigenvalue weighted by Crippen LogP contribution is -2.44. The molecule has 0 unspecified atom stereocenters. The highest BCUT2D eigenvalue weighted by Gasteiger charge is 2.51. The van der Waals surface area contributed by atoms with Gasteiger partial charge in [-0.1, -0.05) is 0 Å². The van der Waals surface area contributed by atoms with E-state index >= 15 is 0 Å². The third kappa shape index (κ3) is 1.66. The Balaban J connectivity index is 1.52. The van der Waals surface area contributed by atoms with Crippen LogP contribution in [0.2, 0.25) is 0 Å². The fourth-order valence-corrected chi connectivity index (χ4v) is 2.87. The molecule has 84 valence electrons. The largest absolute Gasteiger partial charge is 0.462 e. The Morgan fingerprint density at radius 2 is 2.13 bits per heavy atom. The molecule has 0 amide bonds. The van der Waals surface area contributed by atoms with Crippen LogP contribution in [-0.2, 0) is 14.3 Å². The molecule has 0 radical (unpaired) electrons. The van der Waals surface area contributed by atoms with E-state index in [0.717, 1.165) is 39.0 Å². The summed E-state index contributed by atoms with van der Waals surface area (Å²) in [5, 5.41) is 3.34. The maximum absolute atomic E-state index is 11.9. The van der Waals surface area contributed by atoms with Crippen molar-refractivity contribution in [3.05, 3.63) is 0 Å². The van der Waals surface area contributed by atoms with Gasteiger partial charge in [0.2, 0.25) is 0 Å². The van der Waals surface area contributed by atoms with Gasteiger partial charge in [0.1, 0.15) is 6.10 Å². The first-order valence-electron chi connectivity index (χ1n) is 5.86. The molecule has 0 aromatic carbocycles. The Hall–Kier alpha value is -0.610. The Morgan fingerprint density at radius 1 is 1.33 bits per heavy atom. The number of hydrogen-bond donors (Lipinski definition) is 1. The summed E-state index contributed by atoms with van der Waals surface area (Å²) in [4.78, 5) is 11.9. The molecule has 1 aliphatic carbocycles. The van der Waals surface area contributed by atoms with E-state index in [1.54, 1.807) is 0 Å². The summed E-state index contributed by atoms with van der Waals surface area (Å²) in [5.41, 5.74) is 0. The van der Waals surface area contributed by atoms with Crippen molar-refractivity contribution in [3.8, 4) is 0 Å². The fraction of sp³-hybridized carbons (Fsp3) is 0.909. The SMILES string of the molecule is O=C(OC1CCOCC1)[C@@H]1[C@@H]2CN[C@H]1C2. The van der Waals surface area contributed by atoms with Crippen molar-refractivity contribution in [1.82, 2.24) is 5.32 Å². The van der Waals surface area contributed by atoms with E-state index in [1.165, 1.54) is 0 Å². The Morgan fingerprint density at radius 3 is 2.73 bits per heavy atom. The van der Waals surface area contributed by atoms with E-state index < -0.39 is 0 Å². The van der Waals surface area contributed by atoms with Crippen molar-refractivity contribution >= 4 is 5.97 Å². The Kier molecular flexibility index (Phi) is 2.41. The molecule has 3 heterocycles. The van der Waals surface area contributed by atoms with Crippen molar-refractivity contribution in [2.75, 3.05) is 19.8 Å². The molecule has 4 nitrogen and oxygen atoms in total. The molecule has 1 saturated carbocycles. The zero-order valence-corrected chi connectivity index (χ0v) is 8.78. The number of fused-ring (bicyclic) bond motifs is 1. The second-order valence-electron chi connectivity index (χ2n) is 4.78. The van der Waals surface area contributed by atoms with Gasteiger partial charge in [-0.2, -0.15) is 0 Å². The molecule has 15 heavy (non-hydrogen) atoms. The maximum Gasteiger partial charge on any atom is 0.311 e. The highest BCUT2D eigenvalue weighted by atomic mass is 16.6. The number of ether oxygens (including phenoxy) is 2. The van der Waals surface area contributed by atoms with Crippen molar-refractivity contribution in [1.29, 1.82) is 0 Å². The number of rotatable bonds is 2. The van der Waals surface area contributed by atoms with E-state index in [2.05, 4.69) is 5.32 Å². The average molecular weight is 211 g/mol. The normalized spacial score (nSPS) is 39.9. The van der Waals surface area contributed by atoms with Crippen LogP contribution < -0.4 is 5.32 Å². The predicted octanol–water partition coefficient (Wildman–Crippen LogP) is 0.317. The summed E-state index contributed by atoms with van der Waals surface area (Å²) in [6.07, 6.45) is 2.99. The van der Waals surface area contributed by atoms with Crippen molar-refractivity contribution in [3.63, 3.8) is 0 Å². The van der Waals surface area contributed by atoms with E-state index in [4.69, 9.17) is 9.47 Å². The Labute approximate surface area is 89.3 Å². The van der Waals surface area contributed by atoms with Gasteiger partial charge in [-0.05, 0) is 18.9 Å². The molecule has 1 N–H and O–H groups in total. The average Bonchev–Trinajstić information content (AvgIpc) is 2.80. The minimum atomic E-state index is 0.0214. The molecule has 3 saturated heterocycles. The zero-order valence-electron chi connectivity index (χ0n) is 8.78. The summed E-state index contributed by atoms with van der Waals surface area (Å²) >= 11 is 0. The Bertz CT molecular complexity index is 249. The van der Waals surface area contributed by atoms with Crippen LogP contribution in [-0.4, -0.2) is 37.9 Å². The first-order valence-corrected chi connectivity index (χ1v) is 5.86. The standard InChI is InChI=1S/C11H17NO3/c13-11(10-7-5-9(10)12-6-7)15-8-1-3-14-4-2-8/h7-10,12H,1-6H2/t7-,9-,10+/m0/s1. The van der Waals surface area contributed by atoms with Crippen LogP contribution in [0.1, 0.15) is 19.3 Å². The van der Waals surface area contributed by atoms with Gasteiger partial charge in [-0.3, -0.25) is 4.79 Å². The third-order valence-electron chi connectivity index (χ3n) is 3.86. The van der Waals surface area contributed by atoms with E-state index in [-0.39, 0.29) is 18.0 Å². The first-order chi connectivity index (χ1) is 7.34. The second kappa shape index (κ2) is 3.76. The van der Waals surface area contributed by atoms with Gasteiger partial charge < -0.3 is 14.8 Å². The monoisotopic (exact) mass is 211 g/mol. The lowest BCUT2D eigenvalue weighted by atomic mass is 9.74. The van der Waals surface area contributed by atoms with Gasteiger partial charge in [0, 0.05) is 18.9 Å². The molecule has 4 rings (SSSR count).